The number of pyridine rings is 1. The number of nitrogens with zero attached hydrogens (tertiary/aromatic N) is 1. The molecular formula is C17H22N2O. The fourth-order valence-electron chi connectivity index (χ4n) is 3.52. The van der Waals surface area contributed by atoms with Crippen molar-refractivity contribution in [3.8, 4) is 5.75 Å². The third-order valence-corrected chi connectivity index (χ3v) is 4.56. The molecule has 0 radical (unpaired) electrons. The van der Waals surface area contributed by atoms with Crippen molar-refractivity contribution in [1.82, 2.24) is 4.98 Å². The third-order valence-electron chi connectivity index (χ3n) is 4.56. The Balaban J connectivity index is 2.19. The van der Waals surface area contributed by atoms with E-state index in [2.05, 4.69) is 23.2 Å². The maximum Gasteiger partial charge on any atom is 0.145 e. The van der Waals surface area contributed by atoms with Crippen molar-refractivity contribution in [1.29, 1.82) is 0 Å². The summed E-state index contributed by atoms with van der Waals surface area (Å²) in [4.78, 5) is 4.53. The average Bonchev–Trinajstić information content (AvgIpc) is 2.98. The molecule has 0 atom stereocenters. The highest BCUT2D eigenvalue weighted by molar-refractivity contribution is 5.88. The van der Waals surface area contributed by atoms with Gasteiger partial charge in [-0.25, -0.2) is 0 Å². The first-order valence-electron chi connectivity index (χ1n) is 7.52. The van der Waals surface area contributed by atoms with Gasteiger partial charge in [-0.3, -0.25) is 4.98 Å². The summed E-state index contributed by atoms with van der Waals surface area (Å²) in [6.45, 7) is 3.37. The van der Waals surface area contributed by atoms with Crippen LogP contribution in [0.1, 0.15) is 38.2 Å². The molecule has 1 aromatic carbocycles. The summed E-state index contributed by atoms with van der Waals surface area (Å²) in [5.41, 5.74) is 8.58. The van der Waals surface area contributed by atoms with Crippen LogP contribution in [-0.4, -0.2) is 18.1 Å². The van der Waals surface area contributed by atoms with Crippen molar-refractivity contribution in [3.63, 3.8) is 0 Å². The molecule has 3 rings (SSSR count). The van der Waals surface area contributed by atoms with Crippen LogP contribution in [0.4, 0.5) is 0 Å². The zero-order chi connectivity index (χ0) is 14.0. The normalized spacial score (nSPS) is 17.5. The molecule has 0 amide bonds. The lowest BCUT2D eigenvalue weighted by Gasteiger charge is -2.29. The molecule has 1 saturated carbocycles. The molecule has 2 N–H and O–H groups in total. The van der Waals surface area contributed by atoms with Crippen LogP contribution in [0.25, 0.3) is 10.9 Å². The molecule has 1 aliphatic carbocycles. The maximum atomic E-state index is 6.14. The van der Waals surface area contributed by atoms with E-state index in [4.69, 9.17) is 10.5 Å². The van der Waals surface area contributed by atoms with Crippen LogP contribution < -0.4 is 10.5 Å². The molecule has 106 valence electrons. The number of ether oxygens (including phenoxy) is 1. The van der Waals surface area contributed by atoms with Crippen molar-refractivity contribution in [2.75, 3.05) is 13.2 Å². The van der Waals surface area contributed by atoms with Crippen LogP contribution in [0.15, 0.2) is 30.5 Å². The molecule has 1 fully saturated rings. The lowest BCUT2D eigenvalue weighted by atomic mass is 9.77. The molecule has 0 unspecified atom stereocenters. The minimum absolute atomic E-state index is 0.131. The highest BCUT2D eigenvalue weighted by Crippen LogP contribution is 2.44. The van der Waals surface area contributed by atoms with Gasteiger partial charge in [-0.15, -0.1) is 0 Å². The second-order valence-corrected chi connectivity index (χ2v) is 5.64. The predicted molar refractivity (Wildman–Crippen MR) is 82.1 cm³/mol. The van der Waals surface area contributed by atoms with Gasteiger partial charge in [0, 0.05) is 23.5 Å². The summed E-state index contributed by atoms with van der Waals surface area (Å²) in [7, 11) is 0. The van der Waals surface area contributed by atoms with Gasteiger partial charge >= 0.3 is 0 Å². The van der Waals surface area contributed by atoms with Crippen LogP contribution >= 0.6 is 0 Å². The average molecular weight is 270 g/mol. The van der Waals surface area contributed by atoms with Gasteiger partial charge in [-0.05, 0) is 37.5 Å². The Kier molecular flexibility index (Phi) is 3.62. The van der Waals surface area contributed by atoms with Crippen molar-refractivity contribution < 1.29 is 4.74 Å². The Morgan fingerprint density at radius 3 is 2.75 bits per heavy atom. The molecule has 0 aliphatic heterocycles. The van der Waals surface area contributed by atoms with Crippen molar-refractivity contribution in [2.45, 2.75) is 38.0 Å². The molecule has 0 bridgehead atoms. The van der Waals surface area contributed by atoms with Crippen LogP contribution in [-0.2, 0) is 5.41 Å². The van der Waals surface area contributed by atoms with Gasteiger partial charge in [0.15, 0.2) is 0 Å². The standard InChI is InChI=1S/C17H22N2O/c1-2-20-15-8-7-14(13-6-5-11-19-16(13)15)17(12-18)9-3-4-10-17/h5-8,11H,2-4,9-10,12,18H2,1H3. The smallest absolute Gasteiger partial charge is 0.145 e. The molecule has 0 spiro atoms. The summed E-state index contributed by atoms with van der Waals surface area (Å²) in [6.07, 6.45) is 6.74. The van der Waals surface area contributed by atoms with Crippen molar-refractivity contribution >= 4 is 10.9 Å². The highest BCUT2D eigenvalue weighted by Gasteiger charge is 2.35. The highest BCUT2D eigenvalue weighted by atomic mass is 16.5. The summed E-state index contributed by atoms with van der Waals surface area (Å²) in [5, 5.41) is 1.20. The Morgan fingerprint density at radius 1 is 1.25 bits per heavy atom. The van der Waals surface area contributed by atoms with Gasteiger partial charge in [-0.1, -0.05) is 25.0 Å². The lowest BCUT2D eigenvalue weighted by Crippen LogP contribution is -2.32. The van der Waals surface area contributed by atoms with Crippen molar-refractivity contribution in [2.24, 2.45) is 5.73 Å². The number of fused-ring (bicyclic) bond motifs is 1. The number of benzene rings is 1. The molecule has 20 heavy (non-hydrogen) atoms. The van der Waals surface area contributed by atoms with Gasteiger partial charge < -0.3 is 10.5 Å². The fourth-order valence-corrected chi connectivity index (χ4v) is 3.52. The molecular weight excluding hydrogens is 248 g/mol. The van der Waals surface area contributed by atoms with Gasteiger partial charge in [0.05, 0.1) is 6.61 Å². The van der Waals surface area contributed by atoms with Crippen molar-refractivity contribution in [3.05, 3.63) is 36.0 Å². The molecule has 0 saturated heterocycles. The molecule has 1 heterocycles. The van der Waals surface area contributed by atoms with E-state index in [-0.39, 0.29) is 5.41 Å². The first kappa shape index (κ1) is 13.4. The van der Waals surface area contributed by atoms with Gasteiger partial charge in [-0.2, -0.15) is 0 Å². The van der Waals surface area contributed by atoms with Crippen LogP contribution in [0.5, 0.6) is 5.75 Å². The molecule has 2 aromatic rings. The fraction of sp³-hybridized carbons (Fsp3) is 0.471. The number of aromatic nitrogens is 1. The van der Waals surface area contributed by atoms with E-state index in [1.807, 2.05) is 19.2 Å². The van der Waals surface area contributed by atoms with E-state index in [1.54, 1.807) is 0 Å². The number of hydrogen-bond donors (Lipinski definition) is 1. The largest absolute Gasteiger partial charge is 0.492 e. The monoisotopic (exact) mass is 270 g/mol. The van der Waals surface area contributed by atoms with E-state index in [1.165, 1.54) is 36.6 Å². The van der Waals surface area contributed by atoms with Crippen LogP contribution in [0.3, 0.4) is 0 Å². The predicted octanol–water partition coefficient (Wildman–Crippen LogP) is 3.40. The SMILES string of the molecule is CCOc1ccc(C2(CN)CCCC2)c2cccnc12. The van der Waals surface area contributed by atoms with E-state index >= 15 is 0 Å². The Labute approximate surface area is 120 Å². The Hall–Kier alpha value is -1.61. The first-order valence-corrected chi connectivity index (χ1v) is 7.52. The summed E-state index contributed by atoms with van der Waals surface area (Å²) in [5.74, 6) is 0.872. The van der Waals surface area contributed by atoms with Crippen LogP contribution in [0.2, 0.25) is 0 Å². The minimum Gasteiger partial charge on any atom is -0.492 e. The lowest BCUT2D eigenvalue weighted by molar-refractivity contribution is 0.343. The Morgan fingerprint density at radius 2 is 2.05 bits per heavy atom. The second kappa shape index (κ2) is 5.41. The summed E-state index contributed by atoms with van der Waals surface area (Å²) >= 11 is 0. The molecule has 1 aromatic heterocycles. The third kappa shape index (κ3) is 2.06. The number of hydrogen-bond acceptors (Lipinski definition) is 3. The van der Waals surface area contributed by atoms with E-state index in [9.17, 15) is 0 Å². The second-order valence-electron chi connectivity index (χ2n) is 5.64. The van der Waals surface area contributed by atoms with Crippen LogP contribution in [0, 0.1) is 0 Å². The van der Waals surface area contributed by atoms with Gasteiger partial charge in [0.25, 0.3) is 0 Å². The maximum absolute atomic E-state index is 6.14. The first-order chi connectivity index (χ1) is 9.80. The zero-order valence-electron chi connectivity index (χ0n) is 12.1. The van der Waals surface area contributed by atoms with Gasteiger partial charge in [0.2, 0.25) is 0 Å². The number of nitrogens with two attached hydrogens (primary N) is 1. The molecule has 3 heteroatoms. The van der Waals surface area contributed by atoms with E-state index < -0.39 is 0 Å². The summed E-state index contributed by atoms with van der Waals surface area (Å²) < 4.78 is 5.71. The topological polar surface area (TPSA) is 48.1 Å². The zero-order valence-corrected chi connectivity index (χ0v) is 12.1. The quantitative estimate of drug-likeness (QED) is 0.926. The van der Waals surface area contributed by atoms with E-state index in [0.717, 1.165) is 11.3 Å². The molecule has 1 aliphatic rings. The minimum atomic E-state index is 0.131. The van der Waals surface area contributed by atoms with E-state index in [0.29, 0.717) is 13.2 Å². The summed E-state index contributed by atoms with van der Waals surface area (Å²) in [6, 6.07) is 8.41. The number of rotatable bonds is 4. The Bertz CT molecular complexity index is 603. The van der Waals surface area contributed by atoms with Gasteiger partial charge in [0.1, 0.15) is 11.3 Å². The molecule has 3 nitrogen and oxygen atoms in total.